The highest BCUT2D eigenvalue weighted by molar-refractivity contribution is 5.92. The number of terminal acetylenes is 1. The molecule has 13 heavy (non-hydrogen) atoms. The Morgan fingerprint density at radius 1 is 1.54 bits per heavy atom. The number of carbonyl (C=O) groups is 1. The third kappa shape index (κ3) is 3.95. The summed E-state index contributed by atoms with van der Waals surface area (Å²) in [4.78, 5) is 10.7. The van der Waals surface area contributed by atoms with Gasteiger partial charge in [-0.05, 0) is 31.1 Å². The SMILES string of the molecule is C#CC(=O)NCCC1CCOCC1. The van der Waals surface area contributed by atoms with Crippen molar-refractivity contribution in [1.82, 2.24) is 5.32 Å². The van der Waals surface area contributed by atoms with E-state index in [9.17, 15) is 4.79 Å². The highest BCUT2D eigenvalue weighted by Gasteiger charge is 2.13. The van der Waals surface area contributed by atoms with Crippen LogP contribution < -0.4 is 5.32 Å². The van der Waals surface area contributed by atoms with Gasteiger partial charge < -0.3 is 10.1 Å². The molecule has 0 aromatic carbocycles. The lowest BCUT2D eigenvalue weighted by Gasteiger charge is -2.21. The Labute approximate surface area is 78.8 Å². The molecule has 0 radical (unpaired) electrons. The van der Waals surface area contributed by atoms with Crippen molar-refractivity contribution in [3.05, 3.63) is 0 Å². The molecule has 1 saturated heterocycles. The van der Waals surface area contributed by atoms with Gasteiger partial charge in [0.05, 0.1) is 0 Å². The Hall–Kier alpha value is -1.01. The highest BCUT2D eigenvalue weighted by Crippen LogP contribution is 2.17. The molecule has 1 rings (SSSR count). The van der Waals surface area contributed by atoms with Crippen molar-refractivity contribution in [1.29, 1.82) is 0 Å². The molecule has 1 aliphatic rings. The fourth-order valence-electron chi connectivity index (χ4n) is 1.48. The van der Waals surface area contributed by atoms with E-state index in [2.05, 4.69) is 5.32 Å². The van der Waals surface area contributed by atoms with Crippen LogP contribution in [0.1, 0.15) is 19.3 Å². The fourth-order valence-corrected chi connectivity index (χ4v) is 1.48. The van der Waals surface area contributed by atoms with Gasteiger partial charge in [0.2, 0.25) is 0 Å². The first-order valence-corrected chi connectivity index (χ1v) is 4.65. The Morgan fingerprint density at radius 2 is 2.23 bits per heavy atom. The average molecular weight is 181 g/mol. The van der Waals surface area contributed by atoms with Crippen molar-refractivity contribution in [2.24, 2.45) is 5.92 Å². The first-order chi connectivity index (χ1) is 6.33. The summed E-state index contributed by atoms with van der Waals surface area (Å²) in [6.45, 7) is 2.40. The lowest BCUT2D eigenvalue weighted by Crippen LogP contribution is -2.26. The number of amides is 1. The molecule has 72 valence electrons. The van der Waals surface area contributed by atoms with Crippen LogP contribution >= 0.6 is 0 Å². The van der Waals surface area contributed by atoms with Crippen molar-refractivity contribution < 1.29 is 9.53 Å². The Morgan fingerprint density at radius 3 is 2.85 bits per heavy atom. The van der Waals surface area contributed by atoms with Crippen LogP contribution in [0, 0.1) is 18.3 Å². The molecule has 1 amide bonds. The summed E-state index contributed by atoms with van der Waals surface area (Å²) >= 11 is 0. The molecule has 0 unspecified atom stereocenters. The van der Waals surface area contributed by atoms with E-state index in [-0.39, 0.29) is 5.91 Å². The largest absolute Gasteiger partial charge is 0.381 e. The van der Waals surface area contributed by atoms with Gasteiger partial charge in [0.15, 0.2) is 0 Å². The van der Waals surface area contributed by atoms with Gasteiger partial charge in [-0.2, -0.15) is 0 Å². The maximum absolute atomic E-state index is 10.7. The van der Waals surface area contributed by atoms with E-state index in [1.807, 2.05) is 5.92 Å². The van der Waals surface area contributed by atoms with Crippen LogP contribution in [-0.2, 0) is 9.53 Å². The molecule has 0 aromatic heterocycles. The van der Waals surface area contributed by atoms with E-state index < -0.39 is 0 Å². The van der Waals surface area contributed by atoms with Gasteiger partial charge in [0.1, 0.15) is 0 Å². The van der Waals surface area contributed by atoms with E-state index in [1.54, 1.807) is 0 Å². The summed E-state index contributed by atoms with van der Waals surface area (Å²) in [5, 5.41) is 2.66. The summed E-state index contributed by atoms with van der Waals surface area (Å²) in [6.07, 6.45) is 8.13. The van der Waals surface area contributed by atoms with Crippen LogP contribution in [0.15, 0.2) is 0 Å². The molecule has 1 N–H and O–H groups in total. The van der Waals surface area contributed by atoms with Crippen molar-refractivity contribution in [2.75, 3.05) is 19.8 Å². The third-order valence-electron chi connectivity index (χ3n) is 2.31. The van der Waals surface area contributed by atoms with Crippen LogP contribution in [-0.4, -0.2) is 25.7 Å². The highest BCUT2D eigenvalue weighted by atomic mass is 16.5. The molecule has 0 saturated carbocycles. The van der Waals surface area contributed by atoms with E-state index >= 15 is 0 Å². The molecule has 0 aliphatic carbocycles. The maximum Gasteiger partial charge on any atom is 0.295 e. The molecule has 1 aliphatic heterocycles. The molecule has 0 bridgehead atoms. The van der Waals surface area contributed by atoms with Gasteiger partial charge in [0, 0.05) is 19.8 Å². The van der Waals surface area contributed by atoms with Gasteiger partial charge in [-0.15, -0.1) is 6.42 Å². The first kappa shape index (κ1) is 10.1. The minimum atomic E-state index is -0.313. The zero-order valence-corrected chi connectivity index (χ0v) is 7.71. The number of hydrogen-bond donors (Lipinski definition) is 1. The summed E-state index contributed by atoms with van der Waals surface area (Å²) in [5.41, 5.74) is 0. The number of ether oxygens (including phenoxy) is 1. The van der Waals surface area contributed by atoms with E-state index in [0.717, 1.165) is 32.5 Å². The normalized spacial score (nSPS) is 17.8. The molecule has 1 fully saturated rings. The van der Waals surface area contributed by atoms with Gasteiger partial charge >= 0.3 is 0 Å². The number of nitrogens with one attached hydrogen (secondary N) is 1. The minimum absolute atomic E-state index is 0.313. The van der Waals surface area contributed by atoms with E-state index in [1.165, 1.54) is 0 Å². The van der Waals surface area contributed by atoms with Crippen LogP contribution in [0.25, 0.3) is 0 Å². The second-order valence-corrected chi connectivity index (χ2v) is 3.24. The zero-order valence-electron chi connectivity index (χ0n) is 7.71. The van der Waals surface area contributed by atoms with Crippen molar-refractivity contribution in [3.63, 3.8) is 0 Å². The average Bonchev–Trinajstić information content (AvgIpc) is 2.19. The Kier molecular flexibility index (Phi) is 4.34. The van der Waals surface area contributed by atoms with Crippen LogP contribution in [0.4, 0.5) is 0 Å². The van der Waals surface area contributed by atoms with Crippen LogP contribution in [0.2, 0.25) is 0 Å². The van der Waals surface area contributed by atoms with Crippen molar-refractivity contribution in [2.45, 2.75) is 19.3 Å². The quantitative estimate of drug-likeness (QED) is 0.646. The van der Waals surface area contributed by atoms with E-state index in [0.29, 0.717) is 12.5 Å². The summed E-state index contributed by atoms with van der Waals surface area (Å²) < 4.78 is 5.23. The molecule has 0 spiro atoms. The third-order valence-corrected chi connectivity index (χ3v) is 2.31. The fraction of sp³-hybridized carbons (Fsp3) is 0.700. The number of rotatable bonds is 3. The molecular weight excluding hydrogens is 166 g/mol. The van der Waals surface area contributed by atoms with Gasteiger partial charge in [-0.3, -0.25) is 4.79 Å². The van der Waals surface area contributed by atoms with Crippen LogP contribution in [0.5, 0.6) is 0 Å². The van der Waals surface area contributed by atoms with Gasteiger partial charge in [-0.25, -0.2) is 0 Å². The molecule has 0 aromatic rings. The maximum atomic E-state index is 10.7. The van der Waals surface area contributed by atoms with Gasteiger partial charge in [0.25, 0.3) is 5.91 Å². The number of hydrogen-bond acceptors (Lipinski definition) is 2. The van der Waals surface area contributed by atoms with Crippen molar-refractivity contribution in [3.8, 4) is 12.3 Å². The Bertz CT molecular complexity index is 201. The number of carbonyl (C=O) groups excluding carboxylic acids is 1. The first-order valence-electron chi connectivity index (χ1n) is 4.65. The smallest absolute Gasteiger partial charge is 0.295 e. The Balaban J connectivity index is 2.05. The lowest BCUT2D eigenvalue weighted by molar-refractivity contribution is -0.115. The summed E-state index contributed by atoms with van der Waals surface area (Å²) in [6, 6.07) is 0. The summed E-state index contributed by atoms with van der Waals surface area (Å²) in [7, 11) is 0. The standard InChI is InChI=1S/C10H15NO2/c1-2-10(12)11-6-3-9-4-7-13-8-5-9/h1,9H,3-8H2,(H,11,12). The second-order valence-electron chi connectivity index (χ2n) is 3.24. The molecule has 1 heterocycles. The second kappa shape index (κ2) is 5.60. The topological polar surface area (TPSA) is 38.3 Å². The molecule has 3 heteroatoms. The lowest BCUT2D eigenvalue weighted by atomic mass is 9.97. The predicted molar refractivity (Wildman–Crippen MR) is 50.0 cm³/mol. The summed E-state index contributed by atoms with van der Waals surface area (Å²) in [5.74, 6) is 2.40. The monoisotopic (exact) mass is 181 g/mol. The molecule has 0 atom stereocenters. The molecule has 3 nitrogen and oxygen atoms in total. The van der Waals surface area contributed by atoms with E-state index in [4.69, 9.17) is 11.2 Å². The molecular formula is C10H15NO2. The van der Waals surface area contributed by atoms with Crippen molar-refractivity contribution >= 4 is 5.91 Å². The van der Waals surface area contributed by atoms with Gasteiger partial charge in [-0.1, -0.05) is 0 Å². The van der Waals surface area contributed by atoms with Crippen LogP contribution in [0.3, 0.4) is 0 Å². The predicted octanol–water partition coefficient (Wildman–Crippen LogP) is 0.552. The zero-order chi connectivity index (χ0) is 9.52. The minimum Gasteiger partial charge on any atom is -0.381 e.